The quantitative estimate of drug-likeness (QED) is 0.888. The van der Waals surface area contributed by atoms with Crippen LogP contribution in [0.15, 0.2) is 18.3 Å². The predicted octanol–water partition coefficient (Wildman–Crippen LogP) is 0.742. The number of nitrogens with one attached hydrogen (secondary N) is 1. The van der Waals surface area contributed by atoms with Crippen LogP contribution in [0.4, 0.5) is 5.82 Å². The second kappa shape index (κ2) is 6.32. The van der Waals surface area contributed by atoms with Gasteiger partial charge in [-0.3, -0.25) is 4.79 Å². The van der Waals surface area contributed by atoms with Gasteiger partial charge in [0, 0.05) is 32.3 Å². The summed E-state index contributed by atoms with van der Waals surface area (Å²) in [5.41, 5.74) is 0.579. The van der Waals surface area contributed by atoms with Crippen LogP contribution >= 0.6 is 0 Å². The highest BCUT2D eigenvalue weighted by atomic mass is 16.2. The Labute approximate surface area is 130 Å². The molecule has 0 aliphatic carbocycles. The number of rotatable bonds is 4. The van der Waals surface area contributed by atoms with Crippen molar-refractivity contribution >= 4 is 11.7 Å². The fourth-order valence-electron chi connectivity index (χ4n) is 3.58. The summed E-state index contributed by atoms with van der Waals surface area (Å²) in [7, 11) is 1.87. The molecule has 3 rings (SSSR count). The minimum absolute atomic E-state index is 0.247. The number of likely N-dealkylation sites (tertiary alicyclic amines) is 1. The molecule has 0 spiro atoms. The van der Waals surface area contributed by atoms with E-state index in [-0.39, 0.29) is 5.91 Å². The number of carbonyl (C=O) groups is 1. The maximum Gasteiger partial charge on any atom is 0.224 e. The molecule has 2 fully saturated rings. The molecule has 0 radical (unpaired) electrons. The number of fused-ring (bicyclic) bond motifs is 1. The smallest absolute Gasteiger partial charge is 0.224 e. The number of nitriles is 1. The predicted molar refractivity (Wildman–Crippen MR) is 83.4 cm³/mol. The third kappa shape index (κ3) is 2.64. The van der Waals surface area contributed by atoms with Crippen LogP contribution in [-0.4, -0.2) is 54.6 Å². The summed E-state index contributed by atoms with van der Waals surface area (Å²) in [4.78, 5) is 21.0. The number of carbonyl (C=O) groups excluding carboxylic acids is 1. The van der Waals surface area contributed by atoms with Gasteiger partial charge in [-0.15, -0.1) is 0 Å². The molecule has 1 N–H and O–H groups in total. The lowest BCUT2D eigenvalue weighted by molar-refractivity contribution is -0.131. The second-order valence-electron chi connectivity index (χ2n) is 5.86. The van der Waals surface area contributed by atoms with E-state index < -0.39 is 0 Å². The zero-order valence-electron chi connectivity index (χ0n) is 12.8. The number of pyridine rings is 1. The van der Waals surface area contributed by atoms with Crippen LogP contribution in [0.25, 0.3) is 0 Å². The summed E-state index contributed by atoms with van der Waals surface area (Å²) in [5, 5.41) is 11.9. The molecular weight excluding hydrogens is 278 g/mol. The van der Waals surface area contributed by atoms with Crippen LogP contribution in [0, 0.1) is 11.3 Å². The molecule has 2 atom stereocenters. The molecule has 0 bridgehead atoms. The molecule has 1 aromatic rings. The van der Waals surface area contributed by atoms with Crippen LogP contribution in [0.3, 0.4) is 0 Å². The Balaban J connectivity index is 1.69. The molecule has 1 amide bonds. The van der Waals surface area contributed by atoms with Crippen molar-refractivity contribution in [3.8, 4) is 6.07 Å². The number of hydrogen-bond donors (Lipinski definition) is 1. The van der Waals surface area contributed by atoms with E-state index in [1.807, 2.05) is 18.0 Å². The van der Waals surface area contributed by atoms with Gasteiger partial charge < -0.3 is 15.1 Å². The van der Waals surface area contributed by atoms with Gasteiger partial charge in [-0.2, -0.15) is 5.26 Å². The molecule has 116 valence electrons. The van der Waals surface area contributed by atoms with E-state index in [1.54, 1.807) is 12.3 Å². The lowest BCUT2D eigenvalue weighted by atomic mass is 10.1. The van der Waals surface area contributed by atoms with Crippen LogP contribution in [-0.2, 0) is 4.79 Å². The van der Waals surface area contributed by atoms with Gasteiger partial charge in [-0.1, -0.05) is 0 Å². The summed E-state index contributed by atoms with van der Waals surface area (Å²) in [6.45, 7) is 2.49. The van der Waals surface area contributed by atoms with Crippen molar-refractivity contribution in [3.63, 3.8) is 0 Å². The minimum atomic E-state index is 0.247. The highest BCUT2D eigenvalue weighted by Crippen LogP contribution is 2.34. The van der Waals surface area contributed by atoms with E-state index in [0.29, 0.717) is 24.1 Å². The van der Waals surface area contributed by atoms with E-state index in [1.165, 1.54) is 0 Å². The van der Waals surface area contributed by atoms with Gasteiger partial charge in [0.05, 0.1) is 17.6 Å². The average molecular weight is 299 g/mol. The topological polar surface area (TPSA) is 72.3 Å². The SMILES string of the molecule is CNCCC(=O)N1CCC2C1CCN2c1ccc(C#N)cn1. The van der Waals surface area contributed by atoms with Crippen LogP contribution in [0.1, 0.15) is 24.8 Å². The Kier molecular flexibility index (Phi) is 4.25. The summed E-state index contributed by atoms with van der Waals surface area (Å²) in [6, 6.07) is 6.48. The van der Waals surface area contributed by atoms with Crippen molar-refractivity contribution in [2.24, 2.45) is 0 Å². The summed E-state index contributed by atoms with van der Waals surface area (Å²) >= 11 is 0. The second-order valence-corrected chi connectivity index (χ2v) is 5.86. The molecule has 2 saturated heterocycles. The summed E-state index contributed by atoms with van der Waals surface area (Å²) in [6.07, 6.45) is 4.18. The minimum Gasteiger partial charge on any atom is -0.351 e. The third-order valence-electron chi connectivity index (χ3n) is 4.66. The number of hydrogen-bond acceptors (Lipinski definition) is 5. The van der Waals surface area contributed by atoms with Gasteiger partial charge >= 0.3 is 0 Å². The van der Waals surface area contributed by atoms with Crippen LogP contribution in [0.2, 0.25) is 0 Å². The maximum atomic E-state index is 12.3. The van der Waals surface area contributed by atoms with E-state index in [2.05, 4.69) is 21.3 Å². The van der Waals surface area contributed by atoms with Crippen molar-refractivity contribution in [3.05, 3.63) is 23.9 Å². The molecule has 22 heavy (non-hydrogen) atoms. The largest absolute Gasteiger partial charge is 0.351 e. The van der Waals surface area contributed by atoms with Crippen molar-refractivity contribution in [2.45, 2.75) is 31.3 Å². The van der Waals surface area contributed by atoms with Crippen molar-refractivity contribution in [1.82, 2.24) is 15.2 Å². The molecule has 2 aliphatic heterocycles. The first-order chi connectivity index (χ1) is 10.7. The van der Waals surface area contributed by atoms with Crippen molar-refractivity contribution < 1.29 is 4.79 Å². The Morgan fingerprint density at radius 3 is 2.91 bits per heavy atom. The zero-order valence-corrected chi connectivity index (χ0v) is 12.8. The molecule has 2 aliphatic rings. The van der Waals surface area contributed by atoms with E-state index in [9.17, 15) is 4.79 Å². The lowest BCUT2D eigenvalue weighted by Crippen LogP contribution is -2.40. The van der Waals surface area contributed by atoms with Gasteiger partial charge in [0.15, 0.2) is 0 Å². The van der Waals surface area contributed by atoms with Gasteiger partial charge in [-0.25, -0.2) is 4.98 Å². The lowest BCUT2D eigenvalue weighted by Gasteiger charge is -2.26. The molecule has 6 heteroatoms. The van der Waals surface area contributed by atoms with Gasteiger partial charge in [0.2, 0.25) is 5.91 Å². The fraction of sp³-hybridized carbons (Fsp3) is 0.562. The maximum absolute atomic E-state index is 12.3. The fourth-order valence-corrected chi connectivity index (χ4v) is 3.58. The van der Waals surface area contributed by atoms with E-state index >= 15 is 0 Å². The Bertz CT molecular complexity index is 579. The Hall–Kier alpha value is -2.13. The monoisotopic (exact) mass is 299 g/mol. The van der Waals surface area contributed by atoms with Gasteiger partial charge in [0.25, 0.3) is 0 Å². The first-order valence-electron chi connectivity index (χ1n) is 7.81. The molecule has 6 nitrogen and oxygen atoms in total. The average Bonchev–Trinajstić information content (AvgIpc) is 3.14. The highest BCUT2D eigenvalue weighted by Gasteiger charge is 2.44. The normalized spacial score (nSPS) is 23.5. The van der Waals surface area contributed by atoms with Crippen LogP contribution in [0.5, 0.6) is 0 Å². The Morgan fingerprint density at radius 2 is 2.23 bits per heavy atom. The first kappa shape index (κ1) is 14.8. The number of amides is 1. The van der Waals surface area contributed by atoms with Crippen molar-refractivity contribution in [2.75, 3.05) is 31.6 Å². The molecule has 1 aromatic heterocycles. The summed E-state index contributed by atoms with van der Waals surface area (Å²) < 4.78 is 0. The van der Waals surface area contributed by atoms with E-state index in [0.717, 1.165) is 38.3 Å². The Morgan fingerprint density at radius 1 is 1.41 bits per heavy atom. The molecule has 3 heterocycles. The highest BCUT2D eigenvalue weighted by molar-refractivity contribution is 5.77. The molecule has 0 aromatic carbocycles. The number of aromatic nitrogens is 1. The summed E-state index contributed by atoms with van der Waals surface area (Å²) in [5.74, 6) is 1.16. The molecule has 2 unspecified atom stereocenters. The van der Waals surface area contributed by atoms with Crippen LogP contribution < -0.4 is 10.2 Å². The standard InChI is InChI=1S/C16H21N5O/c1-18-7-4-16(22)21-9-6-13-14(21)5-8-20(13)15-3-2-12(10-17)11-19-15/h2-3,11,13-14,18H,4-9H2,1H3. The molecule has 0 saturated carbocycles. The third-order valence-corrected chi connectivity index (χ3v) is 4.66. The van der Waals surface area contributed by atoms with Gasteiger partial charge in [-0.05, 0) is 32.0 Å². The number of nitrogens with zero attached hydrogens (tertiary/aromatic N) is 4. The number of anilines is 1. The van der Waals surface area contributed by atoms with Crippen molar-refractivity contribution in [1.29, 1.82) is 5.26 Å². The zero-order chi connectivity index (χ0) is 15.5. The van der Waals surface area contributed by atoms with E-state index in [4.69, 9.17) is 5.26 Å². The van der Waals surface area contributed by atoms with Gasteiger partial charge in [0.1, 0.15) is 11.9 Å². The first-order valence-corrected chi connectivity index (χ1v) is 7.81. The molecular formula is C16H21N5O.